The maximum absolute atomic E-state index is 5.87. The first-order valence-electron chi connectivity index (χ1n) is 5.59. The normalized spacial score (nSPS) is 26.3. The topological polar surface area (TPSA) is 48.1 Å². The van der Waals surface area contributed by atoms with Gasteiger partial charge in [-0.2, -0.15) is 0 Å². The average molecular weight is 206 g/mol. The molecule has 0 saturated heterocycles. The van der Waals surface area contributed by atoms with Crippen molar-refractivity contribution in [1.82, 2.24) is 4.98 Å². The fourth-order valence-electron chi connectivity index (χ4n) is 1.96. The van der Waals surface area contributed by atoms with E-state index in [4.69, 9.17) is 10.5 Å². The van der Waals surface area contributed by atoms with Crippen molar-refractivity contribution in [3.8, 4) is 5.88 Å². The van der Waals surface area contributed by atoms with E-state index >= 15 is 0 Å². The summed E-state index contributed by atoms with van der Waals surface area (Å²) in [5.74, 6) is 0.776. The first-order valence-corrected chi connectivity index (χ1v) is 5.59. The van der Waals surface area contributed by atoms with Gasteiger partial charge in [0.1, 0.15) is 6.10 Å². The Kier molecular flexibility index (Phi) is 3.21. The molecule has 82 valence electrons. The summed E-state index contributed by atoms with van der Waals surface area (Å²) >= 11 is 0. The van der Waals surface area contributed by atoms with Gasteiger partial charge in [0.05, 0.1) is 0 Å². The minimum atomic E-state index is 0.304. The summed E-state index contributed by atoms with van der Waals surface area (Å²) in [5, 5.41) is 0. The average Bonchev–Trinajstić information content (AvgIpc) is 2.25. The molecule has 0 unspecified atom stereocenters. The van der Waals surface area contributed by atoms with Crippen LogP contribution >= 0.6 is 0 Å². The number of pyridine rings is 1. The lowest BCUT2D eigenvalue weighted by atomic mass is 9.94. The number of rotatable bonds is 2. The predicted octanol–water partition coefficient (Wildman–Crippen LogP) is 2.04. The standard InChI is InChI=1S/C12H18N2O/c1-9-3-2-8-14-12(9)15-11-6-4-10(13)5-7-11/h2-3,8,10-11H,4-7,13H2,1H3. The Bertz CT molecular complexity index is 319. The van der Waals surface area contributed by atoms with Crippen LogP contribution in [0, 0.1) is 6.92 Å². The molecular weight excluding hydrogens is 188 g/mol. The molecule has 3 heteroatoms. The van der Waals surface area contributed by atoms with E-state index in [-0.39, 0.29) is 0 Å². The molecule has 1 saturated carbocycles. The van der Waals surface area contributed by atoms with Crippen LogP contribution in [0.5, 0.6) is 5.88 Å². The van der Waals surface area contributed by atoms with Crippen LogP contribution in [-0.2, 0) is 0 Å². The third-order valence-electron chi connectivity index (χ3n) is 2.96. The van der Waals surface area contributed by atoms with Crippen molar-refractivity contribution in [1.29, 1.82) is 0 Å². The molecule has 0 aliphatic heterocycles. The molecule has 0 radical (unpaired) electrons. The van der Waals surface area contributed by atoms with Gasteiger partial charge < -0.3 is 10.5 Å². The summed E-state index contributed by atoms with van der Waals surface area (Å²) in [4.78, 5) is 4.24. The summed E-state index contributed by atoms with van der Waals surface area (Å²) in [6.07, 6.45) is 6.32. The molecule has 1 aromatic heterocycles. The molecule has 1 aliphatic carbocycles. The van der Waals surface area contributed by atoms with Gasteiger partial charge in [0.15, 0.2) is 0 Å². The number of nitrogens with two attached hydrogens (primary N) is 1. The van der Waals surface area contributed by atoms with Gasteiger partial charge in [-0.25, -0.2) is 4.98 Å². The molecule has 0 spiro atoms. The van der Waals surface area contributed by atoms with E-state index in [0.717, 1.165) is 37.1 Å². The maximum Gasteiger partial charge on any atom is 0.216 e. The lowest BCUT2D eigenvalue weighted by Crippen LogP contribution is -2.31. The Morgan fingerprint density at radius 3 is 2.73 bits per heavy atom. The molecule has 2 N–H and O–H groups in total. The maximum atomic E-state index is 5.87. The molecule has 15 heavy (non-hydrogen) atoms. The summed E-state index contributed by atoms with van der Waals surface area (Å²) in [6, 6.07) is 4.32. The highest BCUT2D eigenvalue weighted by molar-refractivity contribution is 5.23. The smallest absolute Gasteiger partial charge is 0.216 e. The van der Waals surface area contributed by atoms with Crippen LogP contribution in [0.1, 0.15) is 31.2 Å². The number of hydrogen-bond acceptors (Lipinski definition) is 3. The number of aromatic nitrogens is 1. The van der Waals surface area contributed by atoms with Crippen molar-refractivity contribution in [2.24, 2.45) is 5.73 Å². The van der Waals surface area contributed by atoms with Crippen LogP contribution in [0.2, 0.25) is 0 Å². The molecule has 2 rings (SSSR count). The second-order valence-electron chi connectivity index (χ2n) is 4.28. The zero-order chi connectivity index (χ0) is 10.7. The zero-order valence-electron chi connectivity index (χ0n) is 9.15. The molecule has 0 atom stereocenters. The quantitative estimate of drug-likeness (QED) is 0.805. The summed E-state index contributed by atoms with van der Waals surface area (Å²) in [6.45, 7) is 2.02. The van der Waals surface area contributed by atoms with E-state index in [1.807, 2.05) is 19.1 Å². The molecule has 1 aromatic rings. The second kappa shape index (κ2) is 4.62. The molecule has 1 aliphatic rings. The van der Waals surface area contributed by atoms with Gasteiger partial charge >= 0.3 is 0 Å². The Balaban J connectivity index is 1.95. The van der Waals surface area contributed by atoms with Gasteiger partial charge in [0.25, 0.3) is 0 Å². The van der Waals surface area contributed by atoms with Crippen LogP contribution < -0.4 is 10.5 Å². The summed E-state index contributed by atoms with van der Waals surface area (Å²) < 4.78 is 5.87. The molecule has 0 aromatic carbocycles. The first kappa shape index (κ1) is 10.4. The molecule has 1 fully saturated rings. The highest BCUT2D eigenvalue weighted by atomic mass is 16.5. The minimum Gasteiger partial charge on any atom is -0.474 e. The Hall–Kier alpha value is -1.09. The van der Waals surface area contributed by atoms with Gasteiger partial charge in [-0.15, -0.1) is 0 Å². The molecule has 3 nitrogen and oxygen atoms in total. The SMILES string of the molecule is Cc1cccnc1OC1CCC(N)CC1. The van der Waals surface area contributed by atoms with E-state index < -0.39 is 0 Å². The third-order valence-corrected chi connectivity index (χ3v) is 2.96. The van der Waals surface area contributed by atoms with Gasteiger partial charge in [-0.05, 0) is 38.7 Å². The number of aryl methyl sites for hydroxylation is 1. The van der Waals surface area contributed by atoms with E-state index in [1.165, 1.54) is 0 Å². The van der Waals surface area contributed by atoms with E-state index in [2.05, 4.69) is 4.98 Å². The number of hydrogen-bond donors (Lipinski definition) is 1. The van der Waals surface area contributed by atoms with Crippen LogP contribution in [0.4, 0.5) is 0 Å². The lowest BCUT2D eigenvalue weighted by molar-refractivity contribution is 0.140. The Morgan fingerprint density at radius 1 is 1.33 bits per heavy atom. The third kappa shape index (κ3) is 2.69. The van der Waals surface area contributed by atoms with Crippen LogP contribution in [-0.4, -0.2) is 17.1 Å². The van der Waals surface area contributed by atoms with Crippen LogP contribution in [0.25, 0.3) is 0 Å². The van der Waals surface area contributed by atoms with E-state index in [9.17, 15) is 0 Å². The molecule has 0 bridgehead atoms. The highest BCUT2D eigenvalue weighted by Gasteiger charge is 2.20. The van der Waals surface area contributed by atoms with Crippen molar-refractivity contribution in [3.05, 3.63) is 23.9 Å². The monoisotopic (exact) mass is 206 g/mol. The van der Waals surface area contributed by atoms with Gasteiger partial charge in [-0.3, -0.25) is 0 Å². The molecule has 0 amide bonds. The van der Waals surface area contributed by atoms with Gasteiger partial charge in [0.2, 0.25) is 5.88 Å². The number of ether oxygens (including phenoxy) is 1. The second-order valence-corrected chi connectivity index (χ2v) is 4.28. The van der Waals surface area contributed by atoms with Crippen molar-refractivity contribution in [2.45, 2.75) is 44.8 Å². The lowest BCUT2D eigenvalue weighted by Gasteiger charge is -2.26. The largest absolute Gasteiger partial charge is 0.474 e. The summed E-state index contributed by atoms with van der Waals surface area (Å²) in [7, 11) is 0. The van der Waals surface area contributed by atoms with Gasteiger partial charge in [-0.1, -0.05) is 6.07 Å². The predicted molar refractivity (Wildman–Crippen MR) is 59.8 cm³/mol. The van der Waals surface area contributed by atoms with Crippen molar-refractivity contribution in [3.63, 3.8) is 0 Å². The van der Waals surface area contributed by atoms with Crippen molar-refractivity contribution < 1.29 is 4.74 Å². The molecular formula is C12H18N2O. The summed E-state index contributed by atoms with van der Waals surface area (Å²) in [5.41, 5.74) is 6.95. The Morgan fingerprint density at radius 2 is 2.07 bits per heavy atom. The zero-order valence-corrected chi connectivity index (χ0v) is 9.15. The Labute approximate surface area is 90.7 Å². The van der Waals surface area contributed by atoms with E-state index in [0.29, 0.717) is 12.1 Å². The highest BCUT2D eigenvalue weighted by Crippen LogP contribution is 2.23. The minimum absolute atomic E-state index is 0.304. The fourth-order valence-corrected chi connectivity index (χ4v) is 1.96. The first-order chi connectivity index (χ1) is 7.25. The van der Waals surface area contributed by atoms with Gasteiger partial charge in [0, 0.05) is 17.8 Å². The van der Waals surface area contributed by atoms with Crippen molar-refractivity contribution in [2.75, 3.05) is 0 Å². The van der Waals surface area contributed by atoms with Crippen molar-refractivity contribution >= 4 is 0 Å². The van der Waals surface area contributed by atoms with Crippen LogP contribution in [0.3, 0.4) is 0 Å². The fraction of sp³-hybridized carbons (Fsp3) is 0.583. The van der Waals surface area contributed by atoms with E-state index in [1.54, 1.807) is 6.20 Å². The number of nitrogens with zero attached hydrogens (tertiary/aromatic N) is 1. The molecule has 1 heterocycles. The van der Waals surface area contributed by atoms with Crippen LogP contribution in [0.15, 0.2) is 18.3 Å².